The number of hydrogen-bond donors (Lipinski definition) is 2. The van der Waals surface area contributed by atoms with E-state index in [1.807, 2.05) is 12.1 Å². The molecule has 0 spiro atoms. The van der Waals surface area contributed by atoms with E-state index in [-0.39, 0.29) is 0 Å². The highest BCUT2D eigenvalue weighted by Gasteiger charge is 2.13. The second-order valence-electron chi connectivity index (χ2n) is 4.94. The third-order valence-corrected chi connectivity index (χ3v) is 4.91. The Bertz CT molecular complexity index is 479. The lowest BCUT2D eigenvalue weighted by molar-refractivity contribution is 0.412. The van der Waals surface area contributed by atoms with Gasteiger partial charge in [0.2, 0.25) is 0 Å². The van der Waals surface area contributed by atoms with Gasteiger partial charge in [0.05, 0.1) is 14.9 Å². The van der Waals surface area contributed by atoms with E-state index in [1.54, 1.807) is 0 Å². The van der Waals surface area contributed by atoms with Gasteiger partial charge in [-0.15, -0.1) is 11.3 Å². The molecule has 0 amide bonds. The molecule has 3 nitrogen and oxygen atoms in total. The largest absolute Gasteiger partial charge is 0.359 e. The molecule has 2 N–H and O–H groups in total. The molecular weight excluding hydrogens is 310 g/mol. The lowest BCUT2D eigenvalue weighted by Gasteiger charge is -2.23. The lowest BCUT2D eigenvalue weighted by atomic mass is 9.96. The second kappa shape index (κ2) is 7.96. The first kappa shape index (κ1) is 15.7. The number of thiocarbonyl (C=S) groups is 1. The number of hydrogen-bond acceptors (Lipinski definition) is 3. The van der Waals surface area contributed by atoms with Gasteiger partial charge in [0.15, 0.2) is 5.11 Å². The van der Waals surface area contributed by atoms with Gasteiger partial charge in [-0.25, -0.2) is 0 Å². The van der Waals surface area contributed by atoms with Gasteiger partial charge < -0.3 is 5.32 Å². The topological polar surface area (TPSA) is 36.4 Å². The van der Waals surface area contributed by atoms with E-state index >= 15 is 0 Å². The first-order chi connectivity index (χ1) is 9.69. The lowest BCUT2D eigenvalue weighted by Crippen LogP contribution is -2.41. The summed E-state index contributed by atoms with van der Waals surface area (Å²) in [4.78, 5) is 1.09. The molecule has 0 bridgehead atoms. The van der Waals surface area contributed by atoms with Gasteiger partial charge in [0, 0.05) is 6.04 Å². The summed E-state index contributed by atoms with van der Waals surface area (Å²) in [6.45, 7) is 2.08. The molecule has 6 heteroatoms. The zero-order valence-electron chi connectivity index (χ0n) is 11.6. The van der Waals surface area contributed by atoms with Gasteiger partial charge in [-0.2, -0.15) is 5.10 Å². The SMILES string of the molecule is CC/C(=N/NC(=S)NC1CCCCC1)c1ccc(Cl)s1. The van der Waals surface area contributed by atoms with Crippen LogP contribution in [-0.2, 0) is 0 Å². The molecule has 110 valence electrons. The van der Waals surface area contributed by atoms with Crippen molar-refractivity contribution < 1.29 is 0 Å². The molecule has 1 saturated carbocycles. The van der Waals surface area contributed by atoms with Gasteiger partial charge in [-0.3, -0.25) is 5.43 Å². The monoisotopic (exact) mass is 329 g/mol. The van der Waals surface area contributed by atoms with E-state index in [0.717, 1.165) is 21.3 Å². The Morgan fingerprint density at radius 3 is 2.75 bits per heavy atom. The summed E-state index contributed by atoms with van der Waals surface area (Å²) in [6.07, 6.45) is 7.17. The van der Waals surface area contributed by atoms with E-state index in [2.05, 4.69) is 22.8 Å². The number of nitrogens with one attached hydrogen (secondary N) is 2. The van der Waals surface area contributed by atoms with Crippen molar-refractivity contribution in [3.8, 4) is 0 Å². The Balaban J connectivity index is 1.87. The Morgan fingerprint density at radius 1 is 1.40 bits per heavy atom. The van der Waals surface area contributed by atoms with Crippen LogP contribution >= 0.6 is 35.2 Å². The van der Waals surface area contributed by atoms with Gasteiger partial charge in [-0.05, 0) is 43.6 Å². The first-order valence-electron chi connectivity index (χ1n) is 7.08. The van der Waals surface area contributed by atoms with Crippen LogP contribution in [0.3, 0.4) is 0 Å². The van der Waals surface area contributed by atoms with Crippen molar-refractivity contribution in [1.29, 1.82) is 0 Å². The number of nitrogens with zero attached hydrogens (tertiary/aromatic N) is 1. The van der Waals surface area contributed by atoms with E-state index in [4.69, 9.17) is 23.8 Å². The van der Waals surface area contributed by atoms with Crippen LogP contribution < -0.4 is 10.7 Å². The Hall–Kier alpha value is -0.650. The van der Waals surface area contributed by atoms with E-state index < -0.39 is 0 Å². The zero-order chi connectivity index (χ0) is 14.4. The number of rotatable bonds is 4. The highest BCUT2D eigenvalue weighted by Crippen LogP contribution is 2.22. The second-order valence-corrected chi connectivity index (χ2v) is 7.06. The molecule has 1 fully saturated rings. The maximum Gasteiger partial charge on any atom is 0.187 e. The van der Waals surface area contributed by atoms with Crippen molar-refractivity contribution in [2.75, 3.05) is 0 Å². The van der Waals surface area contributed by atoms with Gasteiger partial charge in [-0.1, -0.05) is 37.8 Å². The van der Waals surface area contributed by atoms with Crippen molar-refractivity contribution in [2.45, 2.75) is 51.5 Å². The predicted molar refractivity (Wildman–Crippen MR) is 91.9 cm³/mol. The normalized spacial score (nSPS) is 17.0. The van der Waals surface area contributed by atoms with Crippen molar-refractivity contribution in [1.82, 2.24) is 10.7 Å². The van der Waals surface area contributed by atoms with Crippen LogP contribution in [0.15, 0.2) is 17.2 Å². The molecule has 0 aliphatic heterocycles. The van der Waals surface area contributed by atoms with Crippen LogP contribution in [0.5, 0.6) is 0 Å². The Kier molecular flexibility index (Phi) is 6.26. The van der Waals surface area contributed by atoms with Gasteiger partial charge >= 0.3 is 0 Å². The fraction of sp³-hybridized carbons (Fsp3) is 0.571. The number of halogens is 1. The summed E-state index contributed by atoms with van der Waals surface area (Å²) in [5.74, 6) is 0. The minimum Gasteiger partial charge on any atom is -0.359 e. The summed E-state index contributed by atoms with van der Waals surface area (Å²) in [7, 11) is 0. The fourth-order valence-corrected chi connectivity index (χ4v) is 3.68. The summed E-state index contributed by atoms with van der Waals surface area (Å²) >= 11 is 12.8. The van der Waals surface area contributed by atoms with E-state index in [9.17, 15) is 0 Å². The van der Waals surface area contributed by atoms with Gasteiger partial charge in [0.25, 0.3) is 0 Å². The first-order valence-corrected chi connectivity index (χ1v) is 8.68. The minimum absolute atomic E-state index is 0.500. The smallest absolute Gasteiger partial charge is 0.187 e. The summed E-state index contributed by atoms with van der Waals surface area (Å²) in [6, 6.07) is 4.39. The van der Waals surface area contributed by atoms with Crippen molar-refractivity contribution >= 4 is 46.0 Å². The third-order valence-electron chi connectivity index (χ3n) is 3.43. The maximum atomic E-state index is 5.96. The number of hydrazone groups is 1. The molecule has 1 aliphatic carbocycles. The average molecular weight is 330 g/mol. The molecule has 0 aromatic carbocycles. The van der Waals surface area contributed by atoms with Crippen LogP contribution in [0.2, 0.25) is 4.34 Å². The van der Waals surface area contributed by atoms with Crippen LogP contribution in [0, 0.1) is 0 Å². The maximum absolute atomic E-state index is 5.96. The Morgan fingerprint density at radius 2 is 2.15 bits per heavy atom. The molecule has 2 rings (SSSR count). The quantitative estimate of drug-likeness (QED) is 0.491. The molecule has 0 saturated heterocycles. The van der Waals surface area contributed by atoms with Crippen LogP contribution in [0.1, 0.15) is 50.3 Å². The van der Waals surface area contributed by atoms with Crippen molar-refractivity contribution in [2.24, 2.45) is 5.10 Å². The molecule has 1 aromatic rings. The van der Waals surface area contributed by atoms with Gasteiger partial charge in [0.1, 0.15) is 0 Å². The standard InChI is InChI=1S/C14H20ClN3S2/c1-2-11(12-8-9-13(15)20-12)17-18-14(19)16-10-6-4-3-5-7-10/h8-10H,2-7H2,1H3,(H2,16,18,19)/b17-11-. The van der Waals surface area contributed by atoms with Crippen LogP contribution in [0.4, 0.5) is 0 Å². The highest BCUT2D eigenvalue weighted by atomic mass is 35.5. The molecule has 0 atom stereocenters. The molecule has 20 heavy (non-hydrogen) atoms. The molecule has 1 aromatic heterocycles. The van der Waals surface area contributed by atoms with Crippen LogP contribution in [-0.4, -0.2) is 16.9 Å². The number of thiophene rings is 1. The minimum atomic E-state index is 0.500. The summed E-state index contributed by atoms with van der Waals surface area (Å²) in [5.41, 5.74) is 3.94. The molecule has 0 radical (unpaired) electrons. The zero-order valence-corrected chi connectivity index (χ0v) is 14.0. The highest BCUT2D eigenvalue weighted by molar-refractivity contribution is 7.80. The molecule has 1 aliphatic rings. The third kappa shape index (κ3) is 4.72. The molecule has 0 unspecified atom stereocenters. The predicted octanol–water partition coefficient (Wildman–Crippen LogP) is 4.31. The van der Waals surface area contributed by atoms with E-state index in [1.165, 1.54) is 43.4 Å². The summed E-state index contributed by atoms with van der Waals surface area (Å²) in [5, 5.41) is 8.37. The average Bonchev–Trinajstić information content (AvgIpc) is 2.87. The fourth-order valence-electron chi connectivity index (χ4n) is 2.36. The molecular formula is C14H20ClN3S2. The van der Waals surface area contributed by atoms with Crippen molar-refractivity contribution in [3.05, 3.63) is 21.3 Å². The molecule has 1 heterocycles. The Labute approximate surface area is 134 Å². The van der Waals surface area contributed by atoms with E-state index in [0.29, 0.717) is 11.2 Å². The van der Waals surface area contributed by atoms with Crippen molar-refractivity contribution in [3.63, 3.8) is 0 Å². The van der Waals surface area contributed by atoms with Crippen LogP contribution in [0.25, 0.3) is 0 Å². The summed E-state index contributed by atoms with van der Waals surface area (Å²) < 4.78 is 0.782.